The van der Waals surface area contributed by atoms with Gasteiger partial charge in [-0.1, -0.05) is 12.1 Å². The first-order valence-electron chi connectivity index (χ1n) is 9.93. The van der Waals surface area contributed by atoms with Gasteiger partial charge in [-0.15, -0.1) is 0 Å². The molecule has 3 aromatic heterocycles. The van der Waals surface area contributed by atoms with Gasteiger partial charge >= 0.3 is 5.69 Å². The predicted octanol–water partition coefficient (Wildman–Crippen LogP) is 2.36. The lowest BCUT2D eigenvalue weighted by atomic mass is 10.1. The minimum Gasteiger partial charge on any atom is -0.497 e. The summed E-state index contributed by atoms with van der Waals surface area (Å²) >= 11 is 0. The van der Waals surface area contributed by atoms with E-state index >= 15 is 0 Å². The van der Waals surface area contributed by atoms with Gasteiger partial charge < -0.3 is 9.47 Å². The Morgan fingerprint density at radius 2 is 1.59 bits per heavy atom. The van der Waals surface area contributed by atoms with Crippen LogP contribution in [0.15, 0.2) is 64.3 Å². The quantitative estimate of drug-likeness (QED) is 0.436. The highest BCUT2D eigenvalue weighted by atomic mass is 16.5. The van der Waals surface area contributed by atoms with E-state index in [0.29, 0.717) is 22.7 Å². The summed E-state index contributed by atoms with van der Waals surface area (Å²) in [6.07, 6.45) is 1.86. The molecule has 9 heteroatoms. The van der Waals surface area contributed by atoms with Crippen molar-refractivity contribution in [2.45, 2.75) is 0 Å². The number of fused-ring (bicyclic) bond motifs is 3. The second-order valence-corrected chi connectivity index (χ2v) is 7.44. The molecule has 9 nitrogen and oxygen atoms in total. The number of aryl methyl sites for hydroxylation is 1. The van der Waals surface area contributed by atoms with Crippen molar-refractivity contribution in [3.63, 3.8) is 0 Å². The molecule has 0 amide bonds. The Bertz CT molecular complexity index is 1600. The molecule has 0 N–H and O–H groups in total. The number of benzene rings is 2. The molecule has 0 saturated carbocycles. The number of methoxy groups -OCH3 is 2. The van der Waals surface area contributed by atoms with Crippen LogP contribution in [0.3, 0.4) is 0 Å². The monoisotopic (exact) mass is 431 g/mol. The van der Waals surface area contributed by atoms with Gasteiger partial charge in [-0.2, -0.15) is 4.98 Å². The van der Waals surface area contributed by atoms with Gasteiger partial charge in [0.2, 0.25) is 5.78 Å². The first-order chi connectivity index (χ1) is 15.4. The van der Waals surface area contributed by atoms with Gasteiger partial charge in [0.25, 0.3) is 5.56 Å². The minimum atomic E-state index is -0.424. The summed E-state index contributed by atoms with van der Waals surface area (Å²) in [5, 5.41) is 0. The molecule has 162 valence electrons. The molecule has 0 unspecified atom stereocenters. The van der Waals surface area contributed by atoms with Crippen molar-refractivity contribution < 1.29 is 9.47 Å². The number of hydrogen-bond donors (Lipinski definition) is 0. The smallest absolute Gasteiger partial charge is 0.332 e. The van der Waals surface area contributed by atoms with Gasteiger partial charge in [0.05, 0.1) is 19.9 Å². The van der Waals surface area contributed by atoms with Crippen LogP contribution >= 0.6 is 0 Å². The van der Waals surface area contributed by atoms with Crippen molar-refractivity contribution in [3.8, 4) is 28.4 Å². The Hall–Kier alpha value is -4.27. The third-order valence-corrected chi connectivity index (χ3v) is 5.66. The van der Waals surface area contributed by atoms with Gasteiger partial charge in [0.1, 0.15) is 11.5 Å². The molecular formula is C23H21N5O4. The lowest BCUT2D eigenvalue weighted by Crippen LogP contribution is -2.37. The molecule has 0 aliphatic heterocycles. The number of hydrogen-bond acceptors (Lipinski definition) is 5. The molecule has 0 bridgehead atoms. The molecule has 0 aliphatic carbocycles. The van der Waals surface area contributed by atoms with Crippen molar-refractivity contribution in [2.24, 2.45) is 14.1 Å². The number of nitrogens with zero attached hydrogens (tertiary/aromatic N) is 5. The van der Waals surface area contributed by atoms with E-state index < -0.39 is 11.2 Å². The molecule has 0 fully saturated rings. The fraction of sp³-hybridized carbons (Fsp3) is 0.174. The van der Waals surface area contributed by atoms with E-state index in [0.717, 1.165) is 27.3 Å². The van der Waals surface area contributed by atoms with Crippen molar-refractivity contribution in [1.82, 2.24) is 23.1 Å². The zero-order valence-electron chi connectivity index (χ0n) is 18.1. The average Bonchev–Trinajstić information content (AvgIpc) is 3.38. The Morgan fingerprint density at radius 3 is 2.28 bits per heavy atom. The molecule has 0 radical (unpaired) electrons. The SMILES string of the molecule is COc1ccc(-n2c(-c3cccc(OC)c3)cn3c4c(=O)n(C)c(=O)n(C)c4nc23)cc1. The van der Waals surface area contributed by atoms with Gasteiger partial charge in [-0.3, -0.25) is 22.9 Å². The molecule has 0 spiro atoms. The standard InChI is InChI=1S/C23H21N5O4/c1-25-20-19(21(29)26(2)23(25)30)27-13-18(14-6-5-7-17(12-14)32-4)28(22(27)24-20)15-8-10-16(31-3)11-9-15/h5-13H,1-4H3. The van der Waals surface area contributed by atoms with E-state index in [1.807, 2.05) is 59.3 Å². The second-order valence-electron chi connectivity index (χ2n) is 7.44. The Morgan fingerprint density at radius 1 is 0.875 bits per heavy atom. The summed E-state index contributed by atoms with van der Waals surface area (Å²) in [6, 6.07) is 15.2. The molecule has 0 aliphatic rings. The normalized spacial score (nSPS) is 11.4. The maximum Gasteiger partial charge on any atom is 0.332 e. The van der Waals surface area contributed by atoms with E-state index in [-0.39, 0.29) is 0 Å². The second kappa shape index (κ2) is 7.16. The highest BCUT2D eigenvalue weighted by molar-refractivity contribution is 5.79. The maximum atomic E-state index is 13.0. The fourth-order valence-corrected chi connectivity index (χ4v) is 3.94. The number of aromatic nitrogens is 5. The van der Waals surface area contributed by atoms with Gasteiger partial charge in [-0.05, 0) is 36.4 Å². The average molecular weight is 431 g/mol. The summed E-state index contributed by atoms with van der Waals surface area (Å²) in [5.74, 6) is 1.96. The van der Waals surface area contributed by atoms with E-state index in [9.17, 15) is 9.59 Å². The van der Waals surface area contributed by atoms with E-state index in [1.54, 1.807) is 25.7 Å². The molecule has 0 saturated heterocycles. The molecule has 2 aromatic carbocycles. The molecule has 3 heterocycles. The van der Waals surface area contributed by atoms with Crippen molar-refractivity contribution in [1.29, 1.82) is 0 Å². The van der Waals surface area contributed by atoms with Crippen LogP contribution in [0.5, 0.6) is 11.5 Å². The lowest BCUT2D eigenvalue weighted by Gasteiger charge is -2.11. The highest BCUT2D eigenvalue weighted by Crippen LogP contribution is 2.31. The molecule has 0 atom stereocenters. The van der Waals surface area contributed by atoms with Crippen molar-refractivity contribution >= 4 is 16.9 Å². The first-order valence-corrected chi connectivity index (χ1v) is 9.93. The van der Waals surface area contributed by atoms with Crippen molar-refractivity contribution in [2.75, 3.05) is 14.2 Å². The predicted molar refractivity (Wildman–Crippen MR) is 121 cm³/mol. The lowest BCUT2D eigenvalue weighted by molar-refractivity contribution is 0.415. The van der Waals surface area contributed by atoms with E-state index in [2.05, 4.69) is 0 Å². The highest BCUT2D eigenvalue weighted by Gasteiger charge is 2.22. The van der Waals surface area contributed by atoms with Gasteiger partial charge in [0.15, 0.2) is 11.2 Å². The topological polar surface area (TPSA) is 84.7 Å². The summed E-state index contributed by atoms with van der Waals surface area (Å²) in [5.41, 5.74) is 2.37. The molecular weight excluding hydrogens is 410 g/mol. The van der Waals surface area contributed by atoms with Crippen LogP contribution in [0.1, 0.15) is 0 Å². The first kappa shape index (κ1) is 19.7. The van der Waals surface area contributed by atoms with Gasteiger partial charge in [0, 0.05) is 31.5 Å². The Kier molecular flexibility index (Phi) is 4.40. The summed E-state index contributed by atoms with van der Waals surface area (Å²) in [7, 11) is 6.30. The molecule has 5 aromatic rings. The van der Waals surface area contributed by atoms with E-state index in [1.165, 1.54) is 11.6 Å². The summed E-state index contributed by atoms with van der Waals surface area (Å²) in [4.78, 5) is 30.1. The zero-order chi connectivity index (χ0) is 22.6. The fourth-order valence-electron chi connectivity index (χ4n) is 3.94. The third-order valence-electron chi connectivity index (χ3n) is 5.66. The Balaban J connectivity index is 1.92. The summed E-state index contributed by atoms with van der Waals surface area (Å²) in [6.45, 7) is 0. The molecule has 5 rings (SSSR count). The van der Waals surface area contributed by atoms with Crippen LogP contribution in [0, 0.1) is 0 Å². The van der Waals surface area contributed by atoms with Crippen LogP contribution in [-0.4, -0.2) is 37.3 Å². The summed E-state index contributed by atoms with van der Waals surface area (Å²) < 4.78 is 16.8. The van der Waals surface area contributed by atoms with Crippen LogP contribution in [0.4, 0.5) is 0 Å². The third kappa shape index (κ3) is 2.74. The number of ether oxygens (including phenoxy) is 2. The van der Waals surface area contributed by atoms with Crippen LogP contribution < -0.4 is 20.7 Å². The van der Waals surface area contributed by atoms with Crippen LogP contribution in [0.25, 0.3) is 33.9 Å². The number of rotatable bonds is 4. The maximum absolute atomic E-state index is 13.0. The van der Waals surface area contributed by atoms with Crippen molar-refractivity contribution in [3.05, 3.63) is 75.6 Å². The van der Waals surface area contributed by atoms with Crippen LogP contribution in [-0.2, 0) is 14.1 Å². The van der Waals surface area contributed by atoms with Crippen LogP contribution in [0.2, 0.25) is 0 Å². The minimum absolute atomic E-state index is 0.326. The zero-order valence-corrected chi connectivity index (χ0v) is 18.1. The largest absolute Gasteiger partial charge is 0.497 e. The Labute approximate surface area is 182 Å². The van der Waals surface area contributed by atoms with Gasteiger partial charge in [-0.25, -0.2) is 4.79 Å². The van der Waals surface area contributed by atoms with E-state index in [4.69, 9.17) is 14.5 Å². The molecule has 32 heavy (non-hydrogen) atoms. The number of imidazole rings is 2.